The van der Waals surface area contributed by atoms with E-state index < -0.39 is 4.92 Å². The molecule has 1 aromatic carbocycles. The molecular weight excluding hydrogens is 322 g/mol. The van der Waals surface area contributed by atoms with Gasteiger partial charge in [-0.2, -0.15) is 0 Å². The molecule has 1 aliphatic carbocycles. The number of nitro groups is 1. The van der Waals surface area contributed by atoms with Crippen molar-refractivity contribution in [1.82, 2.24) is 9.80 Å². The molecule has 7 nitrogen and oxygen atoms in total. The standard InChI is InChI=1S/C18H21N3O4/c22-17(13-14-3-1-2-4-14)19-9-11-20(12-10-19)18(23)15-5-7-16(8-6-15)21(24)25/h1,3,5-8,14H,2,4,9-13H2/t14-/m1/s1. The summed E-state index contributed by atoms with van der Waals surface area (Å²) in [6.07, 6.45) is 6.89. The van der Waals surface area contributed by atoms with Gasteiger partial charge in [0, 0.05) is 50.3 Å². The predicted octanol–water partition coefficient (Wildman–Crippen LogP) is 2.24. The van der Waals surface area contributed by atoms with E-state index in [4.69, 9.17) is 0 Å². The number of rotatable bonds is 4. The minimum atomic E-state index is -0.488. The summed E-state index contributed by atoms with van der Waals surface area (Å²) in [4.78, 5) is 38.5. The second-order valence-electron chi connectivity index (χ2n) is 6.45. The first-order valence-corrected chi connectivity index (χ1v) is 8.53. The Hall–Kier alpha value is -2.70. The van der Waals surface area contributed by atoms with E-state index in [1.54, 1.807) is 4.90 Å². The molecule has 0 N–H and O–H groups in total. The number of carbonyl (C=O) groups excluding carboxylic acids is 2. The van der Waals surface area contributed by atoms with Crippen LogP contribution in [-0.4, -0.2) is 52.7 Å². The van der Waals surface area contributed by atoms with E-state index >= 15 is 0 Å². The van der Waals surface area contributed by atoms with Crippen molar-refractivity contribution >= 4 is 17.5 Å². The van der Waals surface area contributed by atoms with Gasteiger partial charge in [0.05, 0.1) is 4.92 Å². The monoisotopic (exact) mass is 343 g/mol. The number of amides is 2. The van der Waals surface area contributed by atoms with Crippen molar-refractivity contribution in [2.45, 2.75) is 19.3 Å². The van der Waals surface area contributed by atoms with Gasteiger partial charge in [-0.3, -0.25) is 19.7 Å². The van der Waals surface area contributed by atoms with Crippen LogP contribution in [0.5, 0.6) is 0 Å². The zero-order chi connectivity index (χ0) is 17.8. The molecule has 2 amide bonds. The molecule has 0 spiro atoms. The average molecular weight is 343 g/mol. The maximum atomic E-state index is 12.5. The van der Waals surface area contributed by atoms with Crippen molar-refractivity contribution in [3.63, 3.8) is 0 Å². The number of non-ortho nitro benzene ring substituents is 1. The summed E-state index contributed by atoms with van der Waals surface area (Å²) < 4.78 is 0. The van der Waals surface area contributed by atoms with Gasteiger partial charge in [0.15, 0.2) is 0 Å². The number of nitrogens with zero attached hydrogens (tertiary/aromatic N) is 3. The van der Waals surface area contributed by atoms with Crippen LogP contribution in [0, 0.1) is 16.0 Å². The lowest BCUT2D eigenvalue weighted by Crippen LogP contribution is -2.50. The van der Waals surface area contributed by atoms with E-state index in [1.165, 1.54) is 24.3 Å². The smallest absolute Gasteiger partial charge is 0.269 e. The first-order valence-electron chi connectivity index (χ1n) is 8.53. The van der Waals surface area contributed by atoms with Gasteiger partial charge in [0.1, 0.15) is 0 Å². The fraction of sp³-hybridized carbons (Fsp3) is 0.444. The molecule has 25 heavy (non-hydrogen) atoms. The van der Waals surface area contributed by atoms with Gasteiger partial charge in [-0.15, -0.1) is 0 Å². The molecule has 1 atom stereocenters. The fourth-order valence-corrected chi connectivity index (χ4v) is 3.29. The van der Waals surface area contributed by atoms with Gasteiger partial charge in [-0.1, -0.05) is 12.2 Å². The minimum absolute atomic E-state index is 0.0343. The lowest BCUT2D eigenvalue weighted by atomic mass is 10.0. The number of carbonyl (C=O) groups is 2. The van der Waals surface area contributed by atoms with Gasteiger partial charge < -0.3 is 9.80 Å². The molecule has 1 fully saturated rings. The molecule has 132 valence electrons. The molecular formula is C18H21N3O4. The van der Waals surface area contributed by atoms with E-state index in [1.807, 2.05) is 4.90 Å². The third-order valence-corrected chi connectivity index (χ3v) is 4.79. The number of allylic oxidation sites excluding steroid dienone is 2. The first kappa shape index (κ1) is 17.1. The zero-order valence-electron chi connectivity index (χ0n) is 14.0. The molecule has 1 aliphatic heterocycles. The SMILES string of the molecule is O=C(C[C@@H]1C=CCC1)N1CCN(C(=O)c2ccc([N+](=O)[O-])cc2)CC1. The van der Waals surface area contributed by atoms with E-state index in [9.17, 15) is 19.7 Å². The zero-order valence-corrected chi connectivity index (χ0v) is 14.0. The number of benzene rings is 1. The third-order valence-electron chi connectivity index (χ3n) is 4.79. The quantitative estimate of drug-likeness (QED) is 0.477. The molecule has 1 aromatic rings. The summed E-state index contributed by atoms with van der Waals surface area (Å²) in [7, 11) is 0. The Bertz CT molecular complexity index is 691. The Morgan fingerprint density at radius 1 is 1.08 bits per heavy atom. The summed E-state index contributed by atoms with van der Waals surface area (Å²) in [6, 6.07) is 5.62. The van der Waals surface area contributed by atoms with Crippen LogP contribution >= 0.6 is 0 Å². The molecule has 1 saturated heterocycles. The molecule has 7 heteroatoms. The average Bonchev–Trinajstić information content (AvgIpc) is 3.14. The lowest BCUT2D eigenvalue weighted by Gasteiger charge is -2.35. The normalized spacial score (nSPS) is 19.9. The minimum Gasteiger partial charge on any atom is -0.339 e. The molecule has 0 aromatic heterocycles. The summed E-state index contributed by atoms with van der Waals surface area (Å²) in [5.74, 6) is 0.354. The Morgan fingerprint density at radius 3 is 2.28 bits per heavy atom. The van der Waals surface area contributed by atoms with E-state index in [-0.39, 0.29) is 17.5 Å². The van der Waals surface area contributed by atoms with Crippen LogP contribution in [-0.2, 0) is 4.79 Å². The number of piperazine rings is 1. The van der Waals surface area contributed by atoms with Crippen LogP contribution < -0.4 is 0 Å². The molecule has 1 heterocycles. The Kier molecular flexibility index (Phi) is 5.11. The molecule has 2 aliphatic rings. The number of hydrogen-bond donors (Lipinski definition) is 0. The molecule has 0 unspecified atom stereocenters. The molecule has 3 rings (SSSR count). The van der Waals surface area contributed by atoms with Crippen molar-refractivity contribution in [2.75, 3.05) is 26.2 Å². The van der Waals surface area contributed by atoms with E-state index in [0.29, 0.717) is 44.1 Å². The number of hydrogen-bond acceptors (Lipinski definition) is 4. The topological polar surface area (TPSA) is 83.8 Å². The Morgan fingerprint density at radius 2 is 1.72 bits per heavy atom. The van der Waals surface area contributed by atoms with Crippen molar-refractivity contribution in [2.24, 2.45) is 5.92 Å². The van der Waals surface area contributed by atoms with E-state index in [2.05, 4.69) is 12.2 Å². The highest BCUT2D eigenvalue weighted by atomic mass is 16.6. The molecule has 0 radical (unpaired) electrons. The second-order valence-corrected chi connectivity index (χ2v) is 6.45. The maximum absolute atomic E-state index is 12.5. The van der Waals surface area contributed by atoms with Crippen molar-refractivity contribution in [1.29, 1.82) is 0 Å². The maximum Gasteiger partial charge on any atom is 0.269 e. The van der Waals surface area contributed by atoms with Crippen LogP contribution in [0.1, 0.15) is 29.6 Å². The summed E-state index contributed by atoms with van der Waals surface area (Å²) in [5.41, 5.74) is 0.398. The Labute approximate surface area is 146 Å². The van der Waals surface area contributed by atoms with Crippen LogP contribution in [0.4, 0.5) is 5.69 Å². The lowest BCUT2D eigenvalue weighted by molar-refractivity contribution is -0.384. The van der Waals surface area contributed by atoms with Crippen molar-refractivity contribution in [3.05, 3.63) is 52.1 Å². The van der Waals surface area contributed by atoms with Crippen LogP contribution in [0.3, 0.4) is 0 Å². The second kappa shape index (κ2) is 7.46. The highest BCUT2D eigenvalue weighted by Gasteiger charge is 2.26. The van der Waals surface area contributed by atoms with Crippen LogP contribution in [0.2, 0.25) is 0 Å². The third kappa shape index (κ3) is 4.04. The summed E-state index contributed by atoms with van der Waals surface area (Å²) in [6.45, 7) is 2.05. The fourth-order valence-electron chi connectivity index (χ4n) is 3.29. The molecule has 0 bridgehead atoms. The highest BCUT2D eigenvalue weighted by molar-refractivity contribution is 5.94. The van der Waals surface area contributed by atoms with Gasteiger partial charge >= 0.3 is 0 Å². The van der Waals surface area contributed by atoms with Crippen LogP contribution in [0.25, 0.3) is 0 Å². The Balaban J connectivity index is 1.52. The summed E-state index contributed by atoms with van der Waals surface area (Å²) >= 11 is 0. The van der Waals surface area contributed by atoms with Crippen molar-refractivity contribution in [3.8, 4) is 0 Å². The highest BCUT2D eigenvalue weighted by Crippen LogP contribution is 2.22. The summed E-state index contributed by atoms with van der Waals surface area (Å²) in [5, 5.41) is 10.7. The van der Waals surface area contributed by atoms with E-state index in [0.717, 1.165) is 12.8 Å². The largest absolute Gasteiger partial charge is 0.339 e. The van der Waals surface area contributed by atoms with Crippen LogP contribution in [0.15, 0.2) is 36.4 Å². The van der Waals surface area contributed by atoms with Crippen molar-refractivity contribution < 1.29 is 14.5 Å². The molecule has 0 saturated carbocycles. The van der Waals surface area contributed by atoms with Gasteiger partial charge in [0.25, 0.3) is 11.6 Å². The first-order chi connectivity index (χ1) is 12.0. The van der Waals surface area contributed by atoms with Gasteiger partial charge in [-0.25, -0.2) is 0 Å². The van der Waals surface area contributed by atoms with Gasteiger partial charge in [-0.05, 0) is 30.9 Å². The van der Waals surface area contributed by atoms with Gasteiger partial charge in [0.2, 0.25) is 5.91 Å². The number of nitro benzene ring substituents is 1. The predicted molar refractivity (Wildman–Crippen MR) is 92.1 cm³/mol.